The van der Waals surface area contributed by atoms with E-state index in [1.807, 2.05) is 25.7 Å². The summed E-state index contributed by atoms with van der Waals surface area (Å²) in [6.45, 7) is 16.1. The highest BCUT2D eigenvalue weighted by Gasteiger charge is 2.60. The second-order valence-electron chi connectivity index (χ2n) is 13.4. The molecule has 10 nitrogen and oxygen atoms in total. The number of halogens is 1. The number of fused-ring (bicyclic) bond motifs is 1. The van der Waals surface area contributed by atoms with E-state index in [4.69, 9.17) is 18.9 Å². The van der Waals surface area contributed by atoms with Gasteiger partial charge in [-0.1, -0.05) is 34.6 Å². The molecule has 3 aliphatic rings. The molecule has 0 spiro atoms. The Kier molecular flexibility index (Phi) is 10.3. The van der Waals surface area contributed by atoms with E-state index in [9.17, 15) is 19.2 Å². The molecule has 4 unspecified atom stereocenters. The van der Waals surface area contributed by atoms with E-state index in [2.05, 4.69) is 0 Å². The molecule has 1 amide bonds. The fourth-order valence-electron chi connectivity index (χ4n) is 7.52. The zero-order chi connectivity index (χ0) is 33.4. The first kappa shape index (κ1) is 34.8. The van der Waals surface area contributed by atoms with Crippen molar-refractivity contribution >= 4 is 35.0 Å². The molecule has 250 valence electrons. The highest BCUT2D eigenvalue weighted by atomic mass is 19.1. The Hall–Kier alpha value is -3.05. The number of amides is 1. The van der Waals surface area contributed by atoms with Gasteiger partial charge in [0.05, 0.1) is 36.2 Å². The monoisotopic (exact) mass is 632 g/mol. The third-order valence-electron chi connectivity index (χ3n) is 10.7. The average Bonchev–Trinajstić information content (AvgIpc) is 3.31. The minimum atomic E-state index is -1.49. The molecule has 0 radical (unpaired) electrons. The molecule has 3 aliphatic heterocycles. The molecule has 3 heterocycles. The van der Waals surface area contributed by atoms with E-state index in [0.29, 0.717) is 38.4 Å². The molecule has 45 heavy (non-hydrogen) atoms. The van der Waals surface area contributed by atoms with Crippen molar-refractivity contribution < 1.29 is 42.5 Å². The van der Waals surface area contributed by atoms with Crippen molar-refractivity contribution in [1.29, 1.82) is 0 Å². The molecule has 0 bridgehead atoms. The number of carbonyl (C=O) groups is 4. The first-order chi connectivity index (χ1) is 21.1. The minimum absolute atomic E-state index is 0.152. The number of morpholine rings is 1. The third-order valence-corrected chi connectivity index (χ3v) is 10.7. The molecule has 1 aromatic rings. The van der Waals surface area contributed by atoms with Crippen LogP contribution in [0.4, 0.5) is 20.6 Å². The number of Topliss-reactive ketones (excluding diaryl/α,β-unsaturated/α-hetero) is 2. The smallest absolute Gasteiger partial charge is 0.415 e. The second kappa shape index (κ2) is 13.4. The van der Waals surface area contributed by atoms with Crippen LogP contribution in [0.5, 0.6) is 0 Å². The number of anilines is 2. The molecule has 9 atom stereocenters. The van der Waals surface area contributed by atoms with E-state index < -0.39 is 64.9 Å². The van der Waals surface area contributed by atoms with Gasteiger partial charge in [0.1, 0.15) is 29.4 Å². The van der Waals surface area contributed by atoms with Crippen LogP contribution in [-0.4, -0.2) is 80.4 Å². The van der Waals surface area contributed by atoms with E-state index in [-0.39, 0.29) is 29.6 Å². The lowest BCUT2D eigenvalue weighted by Gasteiger charge is -2.43. The Morgan fingerprint density at radius 3 is 2.20 bits per heavy atom. The molecule has 0 aliphatic carbocycles. The Balaban J connectivity index is 1.82. The Morgan fingerprint density at radius 2 is 1.62 bits per heavy atom. The number of rotatable bonds is 4. The number of carbonyl (C=O) groups excluding carboxylic acids is 4. The Morgan fingerprint density at radius 1 is 0.978 bits per heavy atom. The van der Waals surface area contributed by atoms with Crippen molar-refractivity contribution in [3.8, 4) is 0 Å². The average molecular weight is 633 g/mol. The predicted molar refractivity (Wildman–Crippen MR) is 167 cm³/mol. The molecule has 4 rings (SSSR count). The standard InChI is InChI=1S/C34H49FN2O8/c1-10-27-34(8)30(37(32(41)45-34)24-11-12-26(25(35)17-24)36-13-15-43-16-14-36)21(4)28(38)19(2)18-33(7,42-9)23(6)20(3)29(39)22(5)31(40)44-27/h11-12,17,19-23,27,30H,10,13-16,18H2,1-9H3/t19?,20?,21-,22?,23+,27-,30+,33+,34?/m0/s1. The Bertz CT molecular complexity index is 1300. The number of ether oxygens (including phenoxy) is 4. The number of hydrogen-bond donors (Lipinski definition) is 0. The lowest BCUT2D eigenvalue weighted by Crippen LogP contribution is -2.58. The zero-order valence-electron chi connectivity index (χ0n) is 28.1. The van der Waals surface area contributed by atoms with Crippen molar-refractivity contribution in [2.24, 2.45) is 29.6 Å². The number of nitrogens with zero attached hydrogens (tertiary/aromatic N) is 2. The van der Waals surface area contributed by atoms with E-state index in [0.717, 1.165) is 0 Å². The van der Waals surface area contributed by atoms with Crippen molar-refractivity contribution in [3.05, 3.63) is 24.0 Å². The van der Waals surface area contributed by atoms with Crippen molar-refractivity contribution in [2.75, 3.05) is 43.2 Å². The summed E-state index contributed by atoms with van der Waals surface area (Å²) in [6, 6.07) is 3.59. The second-order valence-corrected chi connectivity index (χ2v) is 13.4. The van der Waals surface area contributed by atoms with Crippen molar-refractivity contribution in [2.45, 2.75) is 91.6 Å². The van der Waals surface area contributed by atoms with Crippen LogP contribution in [0, 0.1) is 35.4 Å². The van der Waals surface area contributed by atoms with Crippen LogP contribution in [0.15, 0.2) is 18.2 Å². The highest BCUT2D eigenvalue weighted by molar-refractivity contribution is 6.00. The molecular formula is C34H49FN2O8. The first-order valence-electron chi connectivity index (χ1n) is 16.1. The predicted octanol–water partition coefficient (Wildman–Crippen LogP) is 5.20. The number of hydrogen-bond acceptors (Lipinski definition) is 9. The molecule has 0 saturated carbocycles. The zero-order valence-corrected chi connectivity index (χ0v) is 28.1. The van der Waals surface area contributed by atoms with Crippen LogP contribution in [0.25, 0.3) is 0 Å². The van der Waals surface area contributed by atoms with Gasteiger partial charge in [-0.25, -0.2) is 9.18 Å². The van der Waals surface area contributed by atoms with Crippen LogP contribution >= 0.6 is 0 Å². The molecule has 0 N–H and O–H groups in total. The van der Waals surface area contributed by atoms with Gasteiger partial charge in [0.2, 0.25) is 0 Å². The van der Waals surface area contributed by atoms with Crippen LogP contribution in [-0.2, 0) is 33.3 Å². The molecule has 3 saturated heterocycles. The summed E-state index contributed by atoms with van der Waals surface area (Å²) in [6.07, 6.45) is -1.21. The van der Waals surface area contributed by atoms with Gasteiger partial charge in [0.15, 0.2) is 5.60 Å². The van der Waals surface area contributed by atoms with Gasteiger partial charge in [-0.05, 0) is 57.7 Å². The maximum atomic E-state index is 15.6. The largest absolute Gasteiger partial charge is 0.458 e. The molecule has 3 fully saturated rings. The van der Waals surface area contributed by atoms with Crippen LogP contribution in [0.3, 0.4) is 0 Å². The summed E-state index contributed by atoms with van der Waals surface area (Å²) in [5.74, 6) is -4.99. The Labute approximate surface area is 265 Å². The van der Waals surface area contributed by atoms with Gasteiger partial charge < -0.3 is 23.8 Å². The number of benzene rings is 1. The maximum Gasteiger partial charge on any atom is 0.415 e. The highest BCUT2D eigenvalue weighted by Crippen LogP contribution is 2.45. The quantitative estimate of drug-likeness (QED) is 0.327. The van der Waals surface area contributed by atoms with E-state index in [1.54, 1.807) is 46.9 Å². The lowest BCUT2D eigenvalue weighted by molar-refractivity contribution is -0.171. The van der Waals surface area contributed by atoms with Crippen LogP contribution < -0.4 is 9.80 Å². The van der Waals surface area contributed by atoms with Crippen molar-refractivity contribution in [1.82, 2.24) is 0 Å². The number of esters is 1. The summed E-state index contributed by atoms with van der Waals surface area (Å²) >= 11 is 0. The SMILES string of the molecule is CC[C@@H]1OC(=O)C(C)C(=O)C(C)[C@@H](C)[C@](C)(OC)CC(C)C(=O)[C@H](C)[C@H]2N(c3ccc(N4CCOCC4)c(F)c3)C(=O)OC12C. The fourth-order valence-corrected chi connectivity index (χ4v) is 7.52. The van der Waals surface area contributed by atoms with Gasteiger partial charge in [-0.3, -0.25) is 19.3 Å². The summed E-state index contributed by atoms with van der Waals surface area (Å²) < 4.78 is 39.0. The van der Waals surface area contributed by atoms with E-state index >= 15 is 4.39 Å². The van der Waals surface area contributed by atoms with Crippen LogP contribution in [0.2, 0.25) is 0 Å². The molecule has 0 aromatic heterocycles. The number of cyclic esters (lactones) is 1. The summed E-state index contributed by atoms with van der Waals surface area (Å²) in [4.78, 5) is 58.2. The number of ketones is 2. The van der Waals surface area contributed by atoms with Gasteiger partial charge in [0, 0.05) is 38.0 Å². The lowest BCUT2D eigenvalue weighted by atomic mass is 9.70. The fraction of sp³-hybridized carbons (Fsp3) is 0.706. The van der Waals surface area contributed by atoms with Crippen LogP contribution in [0.1, 0.15) is 68.2 Å². The first-order valence-corrected chi connectivity index (χ1v) is 16.1. The normalized spacial score (nSPS) is 37.2. The van der Waals surface area contributed by atoms with Crippen molar-refractivity contribution in [3.63, 3.8) is 0 Å². The topological polar surface area (TPSA) is 112 Å². The van der Waals surface area contributed by atoms with E-state index in [1.165, 1.54) is 17.9 Å². The summed E-state index contributed by atoms with van der Waals surface area (Å²) in [5, 5.41) is 0. The van der Waals surface area contributed by atoms with Gasteiger partial charge >= 0.3 is 12.1 Å². The molecule has 1 aromatic carbocycles. The summed E-state index contributed by atoms with van der Waals surface area (Å²) in [5.41, 5.74) is -1.74. The summed E-state index contributed by atoms with van der Waals surface area (Å²) in [7, 11) is 1.55. The van der Waals surface area contributed by atoms with Gasteiger partial charge in [-0.2, -0.15) is 0 Å². The molecule has 11 heteroatoms. The minimum Gasteiger partial charge on any atom is -0.458 e. The third kappa shape index (κ3) is 6.35. The van der Waals surface area contributed by atoms with Gasteiger partial charge in [0.25, 0.3) is 0 Å². The molecular weight excluding hydrogens is 583 g/mol. The maximum absolute atomic E-state index is 15.6. The number of methoxy groups -OCH3 is 1. The van der Waals surface area contributed by atoms with Gasteiger partial charge in [-0.15, -0.1) is 0 Å².